The molecule has 27 heavy (non-hydrogen) atoms. The lowest BCUT2D eigenvalue weighted by Gasteiger charge is -2.19. The van der Waals surface area contributed by atoms with Gasteiger partial charge >= 0.3 is 5.97 Å². The number of benzene rings is 2. The first-order valence-corrected chi connectivity index (χ1v) is 9.13. The molecule has 5 nitrogen and oxygen atoms in total. The Hall–Kier alpha value is -2.92. The van der Waals surface area contributed by atoms with Crippen LogP contribution in [0.3, 0.4) is 0 Å². The quantitative estimate of drug-likeness (QED) is 0.598. The van der Waals surface area contributed by atoms with Crippen molar-refractivity contribution >= 4 is 5.97 Å². The largest absolute Gasteiger partial charge is 0.469 e. The van der Waals surface area contributed by atoms with E-state index < -0.39 is 0 Å². The Morgan fingerprint density at radius 3 is 2.44 bits per heavy atom. The van der Waals surface area contributed by atoms with Crippen molar-refractivity contribution in [3.05, 3.63) is 78.0 Å². The number of aromatic nitrogens is 2. The van der Waals surface area contributed by atoms with Crippen LogP contribution in [0.2, 0.25) is 0 Å². The molecular formula is C22H25N3O2. The fraction of sp³-hybridized carbons (Fsp3) is 0.273. The van der Waals surface area contributed by atoms with Crippen LogP contribution in [-0.4, -0.2) is 29.8 Å². The van der Waals surface area contributed by atoms with Crippen molar-refractivity contribution in [1.29, 1.82) is 0 Å². The van der Waals surface area contributed by atoms with E-state index in [-0.39, 0.29) is 17.9 Å². The summed E-state index contributed by atoms with van der Waals surface area (Å²) < 4.78 is 5.00. The molecule has 0 aliphatic heterocycles. The number of hydrogen-bond donors (Lipinski definition) is 2. The highest BCUT2D eigenvalue weighted by Gasteiger charge is 2.22. The summed E-state index contributed by atoms with van der Waals surface area (Å²) in [6.45, 7) is 2.62. The normalized spacial score (nSPS) is 13.1. The van der Waals surface area contributed by atoms with Crippen LogP contribution in [0.5, 0.6) is 0 Å². The van der Waals surface area contributed by atoms with E-state index in [1.54, 1.807) is 0 Å². The molecule has 5 heteroatoms. The molecule has 0 unspecified atom stereocenters. The minimum absolute atomic E-state index is 0.153. The number of ether oxygens (including phenoxy) is 1. The highest BCUT2D eigenvalue weighted by Crippen LogP contribution is 2.19. The third-order valence-electron chi connectivity index (χ3n) is 4.67. The number of carbonyl (C=O) groups excluding carboxylic acids is 1. The van der Waals surface area contributed by atoms with E-state index in [1.165, 1.54) is 12.7 Å². The van der Waals surface area contributed by atoms with Gasteiger partial charge in [-0.05, 0) is 18.6 Å². The molecular weight excluding hydrogens is 338 g/mol. The third-order valence-corrected chi connectivity index (χ3v) is 4.67. The van der Waals surface area contributed by atoms with Gasteiger partial charge in [0.25, 0.3) is 0 Å². The van der Waals surface area contributed by atoms with Crippen molar-refractivity contribution in [3.8, 4) is 11.3 Å². The Balaban J connectivity index is 1.65. The lowest BCUT2D eigenvalue weighted by atomic mass is 10.0. The molecule has 0 saturated heterocycles. The maximum absolute atomic E-state index is 12.2. The summed E-state index contributed by atoms with van der Waals surface area (Å²) in [6.07, 6.45) is 0.543. The van der Waals surface area contributed by atoms with Crippen LogP contribution < -0.4 is 5.32 Å². The Morgan fingerprint density at radius 1 is 1.11 bits per heavy atom. The molecule has 0 bridgehead atoms. The molecule has 2 N–H and O–H groups in total. The molecule has 0 fully saturated rings. The standard InChI is InChI=1S/C22H25N3O2/c1-16(17-9-5-3-6-10-17)23-15-19(22(26)27-2)13-20-14-21(25-24-20)18-11-7-4-8-12-18/h3-12,14,16,19,23H,13,15H2,1-2H3,(H,24,25)/t16-,19+/m0/s1. The lowest BCUT2D eigenvalue weighted by Crippen LogP contribution is -2.32. The molecule has 0 spiro atoms. The molecule has 3 aromatic rings. The third kappa shape index (κ3) is 5.05. The number of nitrogens with one attached hydrogen (secondary N) is 2. The summed E-state index contributed by atoms with van der Waals surface area (Å²) in [5, 5.41) is 10.9. The Kier molecular flexibility index (Phi) is 6.39. The van der Waals surface area contributed by atoms with Gasteiger partial charge in [0.2, 0.25) is 0 Å². The fourth-order valence-corrected chi connectivity index (χ4v) is 3.07. The van der Waals surface area contributed by atoms with Crippen LogP contribution >= 0.6 is 0 Å². The molecule has 0 aliphatic rings. The molecule has 140 valence electrons. The van der Waals surface area contributed by atoms with Crippen LogP contribution in [0.4, 0.5) is 0 Å². The number of carbonyl (C=O) groups is 1. The summed E-state index contributed by atoms with van der Waals surface area (Å²) in [5.74, 6) is -0.510. The average Bonchev–Trinajstić information content (AvgIpc) is 3.20. The van der Waals surface area contributed by atoms with E-state index in [0.29, 0.717) is 13.0 Å². The summed E-state index contributed by atoms with van der Waals surface area (Å²) in [4.78, 5) is 12.2. The first kappa shape index (κ1) is 18.9. The Morgan fingerprint density at radius 2 is 1.78 bits per heavy atom. The van der Waals surface area contributed by atoms with E-state index >= 15 is 0 Å². The molecule has 0 amide bonds. The van der Waals surface area contributed by atoms with Crippen LogP contribution in [0.15, 0.2) is 66.7 Å². The number of esters is 1. The van der Waals surface area contributed by atoms with Crippen molar-refractivity contribution in [3.63, 3.8) is 0 Å². The van der Waals surface area contributed by atoms with Crippen molar-refractivity contribution < 1.29 is 9.53 Å². The van der Waals surface area contributed by atoms with Gasteiger partial charge in [0.15, 0.2) is 0 Å². The molecule has 1 aromatic heterocycles. The number of H-pyrrole nitrogens is 1. The number of aromatic amines is 1. The number of nitrogens with zero attached hydrogens (tertiary/aromatic N) is 1. The van der Waals surface area contributed by atoms with E-state index in [9.17, 15) is 4.79 Å². The average molecular weight is 363 g/mol. The number of rotatable bonds is 8. The van der Waals surface area contributed by atoms with E-state index in [2.05, 4.69) is 34.6 Å². The SMILES string of the molecule is COC(=O)[C@@H](CN[C@@H](C)c1ccccc1)Cc1cc(-c2ccccc2)n[nH]1. The topological polar surface area (TPSA) is 67.0 Å². The molecule has 1 heterocycles. The van der Waals surface area contributed by atoms with Gasteiger partial charge in [-0.15, -0.1) is 0 Å². The van der Waals surface area contributed by atoms with Crippen molar-refractivity contribution in [1.82, 2.24) is 15.5 Å². The van der Waals surface area contributed by atoms with Gasteiger partial charge in [-0.3, -0.25) is 9.89 Å². The zero-order valence-corrected chi connectivity index (χ0v) is 15.7. The second-order valence-electron chi connectivity index (χ2n) is 6.61. The van der Waals surface area contributed by atoms with Gasteiger partial charge in [-0.1, -0.05) is 60.7 Å². The summed E-state index contributed by atoms with van der Waals surface area (Å²) >= 11 is 0. The van der Waals surface area contributed by atoms with Crippen LogP contribution in [0.25, 0.3) is 11.3 Å². The van der Waals surface area contributed by atoms with Gasteiger partial charge in [0, 0.05) is 30.3 Å². The second kappa shape index (κ2) is 9.14. The first-order chi connectivity index (χ1) is 13.2. The molecule has 0 radical (unpaired) electrons. The second-order valence-corrected chi connectivity index (χ2v) is 6.61. The predicted molar refractivity (Wildman–Crippen MR) is 106 cm³/mol. The van der Waals surface area contributed by atoms with Gasteiger partial charge < -0.3 is 10.1 Å². The molecule has 2 aromatic carbocycles. The highest BCUT2D eigenvalue weighted by molar-refractivity contribution is 5.73. The monoisotopic (exact) mass is 363 g/mol. The maximum atomic E-state index is 12.2. The zero-order chi connectivity index (χ0) is 19.1. The van der Waals surface area contributed by atoms with Crippen molar-refractivity contribution in [2.75, 3.05) is 13.7 Å². The zero-order valence-electron chi connectivity index (χ0n) is 15.7. The van der Waals surface area contributed by atoms with Crippen LogP contribution in [0, 0.1) is 5.92 Å². The van der Waals surface area contributed by atoms with Crippen molar-refractivity contribution in [2.45, 2.75) is 19.4 Å². The van der Waals surface area contributed by atoms with E-state index in [1.807, 2.05) is 54.6 Å². The summed E-state index contributed by atoms with van der Waals surface area (Å²) in [6, 6.07) is 22.3. The molecule has 2 atom stereocenters. The lowest BCUT2D eigenvalue weighted by molar-refractivity contribution is -0.145. The Bertz CT molecular complexity index is 846. The minimum atomic E-state index is -0.287. The van der Waals surface area contributed by atoms with Gasteiger partial charge in [0.05, 0.1) is 18.7 Å². The predicted octanol–water partition coefficient (Wildman–Crippen LogP) is 3.76. The summed E-state index contributed by atoms with van der Waals surface area (Å²) in [7, 11) is 1.43. The number of hydrogen-bond acceptors (Lipinski definition) is 4. The maximum Gasteiger partial charge on any atom is 0.310 e. The van der Waals surface area contributed by atoms with Crippen LogP contribution in [0.1, 0.15) is 24.2 Å². The summed E-state index contributed by atoms with van der Waals surface area (Å²) in [5.41, 5.74) is 4.03. The smallest absolute Gasteiger partial charge is 0.310 e. The fourth-order valence-electron chi connectivity index (χ4n) is 3.07. The van der Waals surface area contributed by atoms with E-state index in [0.717, 1.165) is 17.0 Å². The van der Waals surface area contributed by atoms with Crippen molar-refractivity contribution in [2.24, 2.45) is 5.92 Å². The van der Waals surface area contributed by atoms with Gasteiger partial charge in [0.1, 0.15) is 0 Å². The highest BCUT2D eigenvalue weighted by atomic mass is 16.5. The Labute approximate surface area is 159 Å². The van der Waals surface area contributed by atoms with Crippen LogP contribution in [-0.2, 0) is 16.0 Å². The number of methoxy groups -OCH3 is 1. The van der Waals surface area contributed by atoms with Gasteiger partial charge in [-0.25, -0.2) is 0 Å². The minimum Gasteiger partial charge on any atom is -0.469 e. The van der Waals surface area contributed by atoms with E-state index in [4.69, 9.17) is 4.74 Å². The molecule has 3 rings (SSSR count). The molecule has 0 aliphatic carbocycles. The van der Waals surface area contributed by atoms with Gasteiger partial charge in [-0.2, -0.15) is 5.10 Å². The molecule has 0 saturated carbocycles. The first-order valence-electron chi connectivity index (χ1n) is 9.13.